The van der Waals surface area contributed by atoms with Crippen LogP contribution < -0.4 is 0 Å². The van der Waals surface area contributed by atoms with E-state index >= 15 is 0 Å². The summed E-state index contributed by atoms with van der Waals surface area (Å²) in [7, 11) is 1.69. The minimum absolute atomic E-state index is 0.0392. The molecule has 1 aliphatic heterocycles. The Labute approximate surface area is 127 Å². The highest BCUT2D eigenvalue weighted by atomic mass is 16.5. The van der Waals surface area contributed by atoms with Crippen molar-refractivity contribution in [2.24, 2.45) is 0 Å². The summed E-state index contributed by atoms with van der Waals surface area (Å²) in [5.74, 6) is 0.218. The van der Waals surface area contributed by atoms with E-state index in [9.17, 15) is 4.79 Å². The Balaban J connectivity index is 2.00. The van der Waals surface area contributed by atoms with Gasteiger partial charge in [0.25, 0.3) is 0 Å². The highest BCUT2D eigenvalue weighted by Crippen LogP contribution is 2.27. The van der Waals surface area contributed by atoms with Crippen LogP contribution in [0.15, 0.2) is 30.3 Å². The molecule has 116 valence electrons. The van der Waals surface area contributed by atoms with Gasteiger partial charge in [-0.2, -0.15) is 0 Å². The first-order valence-electron chi connectivity index (χ1n) is 7.67. The van der Waals surface area contributed by atoms with Crippen molar-refractivity contribution in [1.29, 1.82) is 0 Å². The maximum absolute atomic E-state index is 12.5. The molecule has 2 atom stereocenters. The first kappa shape index (κ1) is 16.0. The molecule has 1 amide bonds. The van der Waals surface area contributed by atoms with Crippen molar-refractivity contribution in [3.05, 3.63) is 35.9 Å². The third kappa shape index (κ3) is 4.55. The van der Waals surface area contributed by atoms with Gasteiger partial charge >= 0.3 is 0 Å². The summed E-state index contributed by atoms with van der Waals surface area (Å²) in [6.07, 6.45) is 2.49. The third-order valence-electron chi connectivity index (χ3n) is 3.86. The van der Waals surface area contributed by atoms with Crippen molar-refractivity contribution in [2.45, 2.75) is 38.3 Å². The summed E-state index contributed by atoms with van der Waals surface area (Å²) in [4.78, 5) is 14.5. The number of hydrogen-bond acceptors (Lipinski definition) is 3. The van der Waals surface area contributed by atoms with Crippen LogP contribution in [0.1, 0.15) is 37.8 Å². The van der Waals surface area contributed by atoms with Gasteiger partial charge in [0.15, 0.2) is 0 Å². The lowest BCUT2D eigenvalue weighted by atomic mass is 10.0. The zero-order valence-corrected chi connectivity index (χ0v) is 13.0. The predicted molar refractivity (Wildman–Crippen MR) is 82.0 cm³/mol. The van der Waals surface area contributed by atoms with Crippen LogP contribution >= 0.6 is 0 Å². The smallest absolute Gasteiger partial charge is 0.223 e. The molecule has 0 aliphatic carbocycles. The van der Waals surface area contributed by atoms with Crippen LogP contribution in [-0.2, 0) is 14.3 Å². The second-order valence-corrected chi connectivity index (χ2v) is 5.57. The molecule has 0 radical (unpaired) electrons. The number of ether oxygens (including phenoxy) is 2. The molecule has 1 aromatic rings. The lowest BCUT2D eigenvalue weighted by Crippen LogP contribution is -2.46. The highest BCUT2D eigenvalue weighted by molar-refractivity contribution is 5.76. The molecule has 4 nitrogen and oxygen atoms in total. The number of rotatable bonds is 6. The van der Waals surface area contributed by atoms with E-state index in [0.717, 1.165) is 25.0 Å². The minimum atomic E-state index is 0.0392. The number of morpholine rings is 1. The normalized spacial score (nSPS) is 22.3. The number of methoxy groups -OCH3 is 1. The van der Waals surface area contributed by atoms with Gasteiger partial charge in [0.1, 0.15) is 0 Å². The molecule has 2 rings (SSSR count). The quantitative estimate of drug-likeness (QED) is 0.757. The number of amides is 1. The van der Waals surface area contributed by atoms with Gasteiger partial charge in [0.2, 0.25) is 5.91 Å². The summed E-state index contributed by atoms with van der Waals surface area (Å²) in [6, 6.07) is 10.2. The van der Waals surface area contributed by atoms with Crippen LogP contribution in [-0.4, -0.2) is 43.8 Å². The average molecular weight is 291 g/mol. The molecule has 21 heavy (non-hydrogen) atoms. The molecule has 0 unspecified atom stereocenters. The molecule has 1 aromatic carbocycles. The van der Waals surface area contributed by atoms with E-state index in [1.165, 1.54) is 0 Å². The number of unbranched alkanes of at least 4 members (excludes halogenated alkanes) is 1. The largest absolute Gasteiger partial charge is 0.385 e. The second-order valence-electron chi connectivity index (χ2n) is 5.57. The van der Waals surface area contributed by atoms with Crippen LogP contribution in [0.25, 0.3) is 0 Å². The molecule has 1 fully saturated rings. The number of benzene rings is 1. The van der Waals surface area contributed by atoms with Gasteiger partial charge < -0.3 is 14.4 Å². The molecule has 4 heteroatoms. The van der Waals surface area contributed by atoms with E-state index in [2.05, 4.69) is 12.1 Å². The second kappa shape index (κ2) is 8.15. The molecule has 1 saturated heterocycles. The third-order valence-corrected chi connectivity index (χ3v) is 3.86. The maximum Gasteiger partial charge on any atom is 0.223 e. The highest BCUT2D eigenvalue weighted by Gasteiger charge is 2.31. The average Bonchev–Trinajstić information content (AvgIpc) is 2.52. The molecule has 0 bridgehead atoms. The van der Waals surface area contributed by atoms with Crippen LogP contribution in [0.2, 0.25) is 0 Å². The summed E-state index contributed by atoms with van der Waals surface area (Å²) < 4.78 is 10.8. The van der Waals surface area contributed by atoms with Gasteiger partial charge in [-0.1, -0.05) is 30.3 Å². The predicted octanol–water partition coefficient (Wildman–Crippen LogP) is 2.79. The van der Waals surface area contributed by atoms with Crippen molar-refractivity contribution in [3.8, 4) is 0 Å². The van der Waals surface area contributed by atoms with Gasteiger partial charge in [0.05, 0.1) is 18.8 Å². The molecule has 0 saturated carbocycles. The number of carbonyl (C=O) groups is 1. The zero-order chi connectivity index (χ0) is 15.1. The maximum atomic E-state index is 12.5. The fourth-order valence-corrected chi connectivity index (χ4v) is 2.70. The molecule has 1 aliphatic rings. The SMILES string of the molecule is COCCCCC(=O)N1C[C@H](C)OC[C@@H]1c1ccccc1. The van der Waals surface area contributed by atoms with Crippen LogP contribution in [0.5, 0.6) is 0 Å². The standard InChI is InChI=1S/C17H25NO3/c1-14-12-18(17(19)10-6-7-11-20-2)16(13-21-14)15-8-4-3-5-9-15/h3-5,8-9,14,16H,6-7,10-13H2,1-2H3/t14-,16+/m0/s1. The van der Waals surface area contributed by atoms with Gasteiger partial charge in [-0.25, -0.2) is 0 Å². The fourth-order valence-electron chi connectivity index (χ4n) is 2.70. The van der Waals surface area contributed by atoms with Crippen molar-refractivity contribution in [3.63, 3.8) is 0 Å². The first-order valence-corrected chi connectivity index (χ1v) is 7.67. The Morgan fingerprint density at radius 3 is 2.81 bits per heavy atom. The van der Waals surface area contributed by atoms with E-state index in [0.29, 0.717) is 19.6 Å². The number of nitrogens with zero attached hydrogens (tertiary/aromatic N) is 1. The van der Waals surface area contributed by atoms with Gasteiger partial charge in [0, 0.05) is 26.7 Å². The monoisotopic (exact) mass is 291 g/mol. The van der Waals surface area contributed by atoms with E-state index in [1.807, 2.05) is 30.0 Å². The minimum Gasteiger partial charge on any atom is -0.385 e. The van der Waals surface area contributed by atoms with E-state index in [4.69, 9.17) is 9.47 Å². The van der Waals surface area contributed by atoms with E-state index < -0.39 is 0 Å². The topological polar surface area (TPSA) is 38.8 Å². The van der Waals surface area contributed by atoms with Gasteiger partial charge in [-0.15, -0.1) is 0 Å². The summed E-state index contributed by atoms with van der Waals surface area (Å²) in [5, 5.41) is 0. The lowest BCUT2D eigenvalue weighted by molar-refractivity contribution is -0.144. The van der Waals surface area contributed by atoms with Crippen molar-refractivity contribution in [2.75, 3.05) is 26.9 Å². The van der Waals surface area contributed by atoms with Crippen LogP contribution in [0.4, 0.5) is 0 Å². The zero-order valence-electron chi connectivity index (χ0n) is 13.0. The fraction of sp³-hybridized carbons (Fsp3) is 0.588. The molecule has 0 N–H and O–H groups in total. The van der Waals surface area contributed by atoms with Crippen molar-refractivity contribution >= 4 is 5.91 Å². The van der Waals surface area contributed by atoms with E-state index in [-0.39, 0.29) is 18.1 Å². The summed E-state index contributed by atoms with van der Waals surface area (Å²) in [6.45, 7) is 3.99. The van der Waals surface area contributed by atoms with Gasteiger partial charge in [-0.3, -0.25) is 4.79 Å². The Kier molecular flexibility index (Phi) is 6.21. The molecular weight excluding hydrogens is 266 g/mol. The van der Waals surface area contributed by atoms with Crippen molar-refractivity contribution in [1.82, 2.24) is 4.90 Å². The summed E-state index contributed by atoms with van der Waals surface area (Å²) in [5.41, 5.74) is 1.15. The Morgan fingerprint density at radius 1 is 1.33 bits per heavy atom. The van der Waals surface area contributed by atoms with E-state index in [1.54, 1.807) is 7.11 Å². The Morgan fingerprint density at radius 2 is 2.10 bits per heavy atom. The van der Waals surface area contributed by atoms with Crippen LogP contribution in [0, 0.1) is 0 Å². The van der Waals surface area contributed by atoms with Crippen molar-refractivity contribution < 1.29 is 14.3 Å². The number of hydrogen-bond donors (Lipinski definition) is 0. The Bertz CT molecular complexity index is 435. The molecular formula is C17H25NO3. The summed E-state index contributed by atoms with van der Waals surface area (Å²) >= 11 is 0. The molecule has 1 heterocycles. The lowest BCUT2D eigenvalue weighted by Gasteiger charge is -2.39. The van der Waals surface area contributed by atoms with Gasteiger partial charge in [-0.05, 0) is 25.3 Å². The molecule has 0 spiro atoms. The Hall–Kier alpha value is -1.39. The van der Waals surface area contributed by atoms with Crippen LogP contribution in [0.3, 0.4) is 0 Å². The first-order chi connectivity index (χ1) is 10.2. The number of carbonyl (C=O) groups excluding carboxylic acids is 1. The molecule has 0 aromatic heterocycles.